The van der Waals surface area contributed by atoms with Crippen LogP contribution < -0.4 is 19.0 Å². The zero-order valence-electron chi connectivity index (χ0n) is 14.4. The minimum atomic E-state index is -5.08. The molecule has 0 aliphatic heterocycles. The Morgan fingerprint density at radius 2 is 1.77 bits per heavy atom. The van der Waals surface area contributed by atoms with E-state index in [9.17, 15) is 14.4 Å². The molecule has 7 nitrogen and oxygen atoms in total. The smallest absolute Gasteiger partial charge is 0.174 e. The van der Waals surface area contributed by atoms with Crippen molar-refractivity contribution in [3.05, 3.63) is 53.7 Å². The highest BCUT2D eigenvalue weighted by molar-refractivity contribution is 7.43. The van der Waals surface area contributed by atoms with Crippen LogP contribution in [0.2, 0.25) is 0 Å². The maximum absolute atomic E-state index is 10.7. The Kier molecular flexibility index (Phi) is 4.87. The lowest BCUT2D eigenvalue weighted by Crippen LogP contribution is -2.18. The van der Waals surface area contributed by atoms with E-state index in [4.69, 9.17) is 9.26 Å². The van der Waals surface area contributed by atoms with Crippen LogP contribution in [0.15, 0.2) is 47.1 Å². The van der Waals surface area contributed by atoms with Crippen LogP contribution in [0.1, 0.15) is 11.1 Å². The Morgan fingerprint density at radius 1 is 1.08 bits per heavy atom. The molecule has 0 fully saturated rings. The predicted octanol–water partition coefficient (Wildman–Crippen LogP) is 2.84. The molecule has 1 heterocycles. The van der Waals surface area contributed by atoms with Crippen molar-refractivity contribution in [3.8, 4) is 33.9 Å². The molecule has 8 heteroatoms. The van der Waals surface area contributed by atoms with E-state index in [0.717, 1.165) is 28.0 Å². The van der Waals surface area contributed by atoms with Gasteiger partial charge in [-0.2, -0.15) is 0 Å². The van der Waals surface area contributed by atoms with Crippen LogP contribution in [0.3, 0.4) is 0 Å². The number of hydrogen-bond acceptors (Lipinski definition) is 7. The number of methoxy groups -OCH3 is 1. The number of ether oxygens (including phenoxy) is 1. The van der Waals surface area contributed by atoms with Gasteiger partial charge in [0.15, 0.2) is 5.76 Å². The first kappa shape index (κ1) is 18.2. The molecule has 0 aliphatic carbocycles. The van der Waals surface area contributed by atoms with Crippen LogP contribution in [0, 0.1) is 13.8 Å². The molecule has 3 aromatic rings. The summed E-state index contributed by atoms with van der Waals surface area (Å²) in [5, 5.41) is 3.87. The summed E-state index contributed by atoms with van der Waals surface area (Å²) in [5.41, 5.74) is 4.35. The Labute approximate surface area is 150 Å². The molecule has 0 atom stereocenters. The number of hydrogen-bond donors (Lipinski definition) is 0. The number of phosphoric acid groups is 1. The molecule has 0 N–H and O–H groups in total. The van der Waals surface area contributed by atoms with Crippen LogP contribution in [0.5, 0.6) is 11.5 Å². The van der Waals surface area contributed by atoms with Crippen LogP contribution >= 0.6 is 7.82 Å². The van der Waals surface area contributed by atoms with Gasteiger partial charge in [0.05, 0.1) is 13.3 Å². The number of aromatic nitrogens is 1. The van der Waals surface area contributed by atoms with Gasteiger partial charge in [0.25, 0.3) is 0 Å². The van der Waals surface area contributed by atoms with Crippen molar-refractivity contribution < 1.29 is 28.1 Å². The molecule has 0 amide bonds. The fourth-order valence-corrected chi connectivity index (χ4v) is 3.03. The second-order valence-electron chi connectivity index (χ2n) is 5.75. The Morgan fingerprint density at radius 3 is 2.38 bits per heavy atom. The highest BCUT2D eigenvalue weighted by Gasteiger charge is 2.16. The van der Waals surface area contributed by atoms with Crippen LogP contribution in [0.25, 0.3) is 22.5 Å². The van der Waals surface area contributed by atoms with Crippen molar-refractivity contribution >= 4 is 7.82 Å². The van der Waals surface area contributed by atoms with Gasteiger partial charge in [-0.05, 0) is 54.8 Å². The van der Waals surface area contributed by atoms with Crippen LogP contribution in [0.4, 0.5) is 0 Å². The lowest BCUT2D eigenvalue weighted by molar-refractivity contribution is -0.333. The number of nitrogens with zero attached hydrogens (tertiary/aromatic N) is 1. The first-order chi connectivity index (χ1) is 12.3. The molecule has 0 radical (unpaired) electrons. The van der Waals surface area contributed by atoms with Crippen molar-refractivity contribution in [1.29, 1.82) is 0 Å². The standard InChI is InChI=1S/C18H18NO6P/c1-11-8-14(9-17(23-3)12(11)2)18-16(10-19-24-18)13-4-6-15(7-5-13)25-26(20,21)22/h4-10H,1-3H3,(H2,20,21,22)/p-2. The fourth-order valence-electron chi connectivity index (χ4n) is 2.65. The van der Waals surface area contributed by atoms with Gasteiger partial charge in [0.1, 0.15) is 19.3 Å². The zero-order chi connectivity index (χ0) is 18.9. The SMILES string of the molecule is COc1cc(-c2oncc2-c2ccc(OP(=O)([O-])[O-])cc2)cc(C)c1C. The van der Waals surface area contributed by atoms with Gasteiger partial charge in [-0.3, -0.25) is 0 Å². The molecule has 0 bridgehead atoms. The first-order valence-corrected chi connectivity index (χ1v) is 9.17. The largest absolute Gasteiger partial charge is 0.780 e. The second-order valence-corrected chi connectivity index (χ2v) is 6.83. The third kappa shape index (κ3) is 3.80. The van der Waals surface area contributed by atoms with Crippen LogP contribution in [-0.2, 0) is 4.57 Å². The minimum absolute atomic E-state index is 0.0482. The van der Waals surface area contributed by atoms with Gasteiger partial charge < -0.3 is 28.1 Å². The average molecular weight is 373 g/mol. The lowest BCUT2D eigenvalue weighted by Gasteiger charge is -2.28. The zero-order valence-corrected chi connectivity index (χ0v) is 15.3. The molecule has 2 aromatic carbocycles. The third-order valence-electron chi connectivity index (χ3n) is 4.05. The molecule has 1 aromatic heterocycles. The van der Waals surface area contributed by atoms with Crippen molar-refractivity contribution in [3.63, 3.8) is 0 Å². The molecule has 0 saturated heterocycles. The van der Waals surface area contributed by atoms with Crippen molar-refractivity contribution in [1.82, 2.24) is 5.16 Å². The molecular weight excluding hydrogens is 357 g/mol. The van der Waals surface area contributed by atoms with E-state index in [0.29, 0.717) is 11.3 Å². The van der Waals surface area contributed by atoms with Crippen molar-refractivity contribution in [2.75, 3.05) is 7.11 Å². The quantitative estimate of drug-likeness (QED) is 0.633. The van der Waals surface area contributed by atoms with Gasteiger partial charge in [0, 0.05) is 11.1 Å². The van der Waals surface area contributed by atoms with E-state index in [1.807, 2.05) is 26.0 Å². The first-order valence-electron chi connectivity index (χ1n) is 7.71. The summed E-state index contributed by atoms with van der Waals surface area (Å²) in [5.74, 6) is 1.25. The molecule has 26 heavy (non-hydrogen) atoms. The second kappa shape index (κ2) is 6.96. The summed E-state index contributed by atoms with van der Waals surface area (Å²) in [6.07, 6.45) is 1.57. The lowest BCUT2D eigenvalue weighted by atomic mass is 9.99. The minimum Gasteiger partial charge on any atom is -0.780 e. The number of benzene rings is 2. The molecule has 0 saturated carbocycles. The van der Waals surface area contributed by atoms with Gasteiger partial charge >= 0.3 is 0 Å². The monoisotopic (exact) mass is 373 g/mol. The third-order valence-corrected chi connectivity index (χ3v) is 4.49. The molecular formula is C18H16NO6P-2. The van der Waals surface area contributed by atoms with Crippen LogP contribution in [-0.4, -0.2) is 12.3 Å². The molecule has 136 valence electrons. The molecule has 3 rings (SSSR count). The van der Waals surface area contributed by atoms with E-state index >= 15 is 0 Å². The Hall–Kier alpha value is -2.60. The summed E-state index contributed by atoms with van der Waals surface area (Å²) in [7, 11) is -3.48. The van der Waals surface area contributed by atoms with E-state index < -0.39 is 7.82 Å². The summed E-state index contributed by atoms with van der Waals surface area (Å²) in [4.78, 5) is 21.4. The van der Waals surface area contributed by atoms with E-state index in [1.165, 1.54) is 12.1 Å². The van der Waals surface area contributed by atoms with E-state index in [2.05, 4.69) is 9.68 Å². The van der Waals surface area contributed by atoms with Gasteiger partial charge in [-0.1, -0.05) is 17.3 Å². The highest BCUT2D eigenvalue weighted by atomic mass is 31.2. The number of phosphoric ester groups is 1. The summed E-state index contributed by atoms with van der Waals surface area (Å²) in [6.45, 7) is 3.95. The molecule has 0 spiro atoms. The van der Waals surface area contributed by atoms with Gasteiger partial charge in [-0.25, -0.2) is 0 Å². The summed E-state index contributed by atoms with van der Waals surface area (Å²) in [6, 6.07) is 9.89. The Bertz CT molecular complexity index is 974. The van der Waals surface area contributed by atoms with Crippen molar-refractivity contribution in [2.45, 2.75) is 13.8 Å². The average Bonchev–Trinajstić information content (AvgIpc) is 3.06. The normalized spacial score (nSPS) is 11.4. The van der Waals surface area contributed by atoms with Crippen molar-refractivity contribution in [2.24, 2.45) is 0 Å². The maximum atomic E-state index is 10.7. The number of rotatable bonds is 5. The fraction of sp³-hybridized carbons (Fsp3) is 0.167. The van der Waals surface area contributed by atoms with E-state index in [-0.39, 0.29) is 5.75 Å². The van der Waals surface area contributed by atoms with Gasteiger partial charge in [-0.15, -0.1) is 0 Å². The molecule has 0 aliphatic rings. The van der Waals surface area contributed by atoms with Gasteiger partial charge in [0.2, 0.25) is 0 Å². The summed E-state index contributed by atoms with van der Waals surface area (Å²) >= 11 is 0. The predicted molar refractivity (Wildman–Crippen MR) is 91.6 cm³/mol. The summed E-state index contributed by atoms with van der Waals surface area (Å²) < 4.78 is 25.9. The number of aryl methyl sites for hydroxylation is 1. The maximum Gasteiger partial charge on any atom is 0.174 e. The Balaban J connectivity index is 1.99. The molecule has 0 unspecified atom stereocenters. The topological polar surface area (TPSA) is 108 Å². The van der Waals surface area contributed by atoms with E-state index in [1.54, 1.807) is 25.4 Å². The highest BCUT2D eigenvalue weighted by Crippen LogP contribution is 2.37.